The number of rotatable bonds is 2. The summed E-state index contributed by atoms with van der Waals surface area (Å²) in [5, 5.41) is 9.95. The summed E-state index contributed by atoms with van der Waals surface area (Å²) in [6, 6.07) is 14.3. The van der Waals surface area contributed by atoms with Crippen LogP contribution < -0.4 is 14.9 Å². The van der Waals surface area contributed by atoms with Crippen molar-refractivity contribution in [3.8, 4) is 17.0 Å². The average molecular weight is 404 g/mol. The van der Waals surface area contributed by atoms with E-state index in [1.54, 1.807) is 18.4 Å². The van der Waals surface area contributed by atoms with Gasteiger partial charge in [0.1, 0.15) is 5.75 Å². The number of thiazole rings is 1. The van der Waals surface area contributed by atoms with Crippen molar-refractivity contribution in [2.45, 2.75) is 19.3 Å². The van der Waals surface area contributed by atoms with Crippen molar-refractivity contribution < 1.29 is 9.53 Å². The Labute approximate surface area is 172 Å². The molecule has 0 bridgehead atoms. The maximum atomic E-state index is 11.7. The van der Waals surface area contributed by atoms with Crippen LogP contribution in [0.2, 0.25) is 0 Å². The second-order valence-electron chi connectivity index (χ2n) is 7.04. The SMILES string of the molecule is CN=c1scc(-c2ccc3c(c2)NC(=O)CO3)n1N=C1CCCc2ccccc21. The molecule has 1 aliphatic carbocycles. The minimum Gasteiger partial charge on any atom is -0.482 e. The molecule has 1 aliphatic heterocycles. The summed E-state index contributed by atoms with van der Waals surface area (Å²) in [6.07, 6.45) is 3.12. The van der Waals surface area contributed by atoms with Crippen molar-refractivity contribution in [2.24, 2.45) is 10.1 Å². The third kappa shape index (κ3) is 3.27. The average Bonchev–Trinajstić information content (AvgIpc) is 3.16. The topological polar surface area (TPSA) is 68.0 Å². The highest BCUT2D eigenvalue weighted by molar-refractivity contribution is 7.07. The summed E-state index contributed by atoms with van der Waals surface area (Å²) in [7, 11) is 1.78. The number of nitrogens with one attached hydrogen (secondary N) is 1. The van der Waals surface area contributed by atoms with Gasteiger partial charge in [-0.25, -0.2) is 4.68 Å². The molecule has 146 valence electrons. The molecule has 0 radical (unpaired) electrons. The van der Waals surface area contributed by atoms with Gasteiger partial charge in [0, 0.05) is 23.6 Å². The maximum Gasteiger partial charge on any atom is 0.262 e. The number of fused-ring (bicyclic) bond motifs is 2. The number of carbonyl (C=O) groups excluding carboxylic acids is 1. The standard InChI is InChI=1S/C22H20N4O2S/c1-23-22-26(25-17-8-4-6-14-5-2-3-7-16(14)17)19(13-29-22)15-9-10-20-18(11-15)24-21(27)12-28-20/h2-3,5,7,9-11,13H,4,6,8,12H2,1H3,(H,24,27). The monoisotopic (exact) mass is 404 g/mol. The van der Waals surface area contributed by atoms with Crippen LogP contribution in [0, 0.1) is 0 Å². The highest BCUT2D eigenvalue weighted by Crippen LogP contribution is 2.33. The summed E-state index contributed by atoms with van der Waals surface area (Å²) in [4.78, 5) is 16.9. The number of benzene rings is 2. The summed E-state index contributed by atoms with van der Waals surface area (Å²) in [5.41, 5.74) is 6.22. The molecule has 2 aliphatic rings. The van der Waals surface area contributed by atoms with Gasteiger partial charge < -0.3 is 10.1 Å². The van der Waals surface area contributed by atoms with Crippen LogP contribution in [-0.2, 0) is 11.2 Å². The lowest BCUT2D eigenvalue weighted by Gasteiger charge is -2.19. The molecule has 0 saturated carbocycles. The number of hydrogen-bond donors (Lipinski definition) is 1. The number of amides is 1. The van der Waals surface area contributed by atoms with Gasteiger partial charge in [-0.3, -0.25) is 9.79 Å². The Hall–Kier alpha value is -3.19. The number of anilines is 1. The first-order chi connectivity index (χ1) is 14.2. The molecule has 2 aromatic carbocycles. The zero-order chi connectivity index (χ0) is 19.8. The van der Waals surface area contributed by atoms with E-state index < -0.39 is 0 Å². The first kappa shape index (κ1) is 17.9. The van der Waals surface area contributed by atoms with Crippen molar-refractivity contribution in [1.82, 2.24) is 4.68 Å². The number of aryl methyl sites for hydroxylation is 1. The molecule has 2 heterocycles. The summed E-state index contributed by atoms with van der Waals surface area (Å²) in [5.74, 6) is 0.541. The van der Waals surface area contributed by atoms with Gasteiger partial charge in [0.2, 0.25) is 4.80 Å². The van der Waals surface area contributed by atoms with E-state index in [0.29, 0.717) is 11.4 Å². The Morgan fingerprint density at radius 3 is 2.97 bits per heavy atom. The van der Waals surface area contributed by atoms with Crippen LogP contribution in [-0.4, -0.2) is 29.9 Å². The summed E-state index contributed by atoms with van der Waals surface area (Å²) >= 11 is 1.55. The quantitative estimate of drug-likeness (QED) is 0.708. The first-order valence-electron chi connectivity index (χ1n) is 9.59. The van der Waals surface area contributed by atoms with Gasteiger partial charge in [0.25, 0.3) is 5.91 Å². The Kier molecular flexibility index (Phi) is 4.52. The predicted molar refractivity (Wildman–Crippen MR) is 115 cm³/mol. The van der Waals surface area contributed by atoms with E-state index in [0.717, 1.165) is 41.0 Å². The molecule has 29 heavy (non-hydrogen) atoms. The van der Waals surface area contributed by atoms with Crippen molar-refractivity contribution >= 4 is 28.6 Å². The highest BCUT2D eigenvalue weighted by Gasteiger charge is 2.19. The second-order valence-corrected chi connectivity index (χ2v) is 7.88. The molecule has 5 rings (SSSR count). The fourth-order valence-corrected chi connectivity index (χ4v) is 4.61. The smallest absolute Gasteiger partial charge is 0.262 e. The Morgan fingerprint density at radius 1 is 1.17 bits per heavy atom. The third-order valence-corrected chi connectivity index (χ3v) is 6.10. The number of hydrogen-bond acceptors (Lipinski definition) is 5. The molecule has 0 atom stereocenters. The Balaban J connectivity index is 1.63. The lowest BCUT2D eigenvalue weighted by atomic mass is 9.90. The van der Waals surface area contributed by atoms with E-state index in [2.05, 4.69) is 34.6 Å². The second kappa shape index (κ2) is 7.33. The molecular formula is C22H20N4O2S. The van der Waals surface area contributed by atoms with Crippen molar-refractivity contribution in [3.63, 3.8) is 0 Å². The fraction of sp³-hybridized carbons (Fsp3) is 0.227. The summed E-state index contributed by atoms with van der Waals surface area (Å²) < 4.78 is 7.39. The highest BCUT2D eigenvalue weighted by atomic mass is 32.1. The Morgan fingerprint density at radius 2 is 2.07 bits per heavy atom. The van der Waals surface area contributed by atoms with Gasteiger partial charge in [0.15, 0.2) is 6.61 Å². The van der Waals surface area contributed by atoms with Crippen molar-refractivity contribution in [1.29, 1.82) is 0 Å². The van der Waals surface area contributed by atoms with E-state index in [1.807, 2.05) is 28.3 Å². The molecule has 0 spiro atoms. The normalized spacial score (nSPS) is 17.5. The third-order valence-electron chi connectivity index (χ3n) is 5.19. The van der Waals surface area contributed by atoms with Crippen LogP contribution >= 0.6 is 11.3 Å². The molecule has 1 aromatic heterocycles. The van der Waals surface area contributed by atoms with E-state index >= 15 is 0 Å². The molecule has 0 fully saturated rings. The molecule has 0 unspecified atom stereocenters. The van der Waals surface area contributed by atoms with Crippen LogP contribution in [0.15, 0.2) is 57.9 Å². The van der Waals surface area contributed by atoms with Gasteiger partial charge in [-0.2, -0.15) is 5.10 Å². The van der Waals surface area contributed by atoms with Crippen LogP contribution in [0.5, 0.6) is 5.75 Å². The van der Waals surface area contributed by atoms with Crippen LogP contribution in [0.3, 0.4) is 0 Å². The van der Waals surface area contributed by atoms with Gasteiger partial charge in [-0.1, -0.05) is 24.3 Å². The van der Waals surface area contributed by atoms with Crippen molar-refractivity contribution in [2.75, 3.05) is 19.0 Å². The van der Waals surface area contributed by atoms with Crippen LogP contribution in [0.1, 0.15) is 24.0 Å². The van der Waals surface area contributed by atoms with Gasteiger partial charge in [0.05, 0.1) is 17.1 Å². The zero-order valence-electron chi connectivity index (χ0n) is 16.0. The zero-order valence-corrected chi connectivity index (χ0v) is 16.8. The molecule has 0 saturated heterocycles. The molecular weight excluding hydrogens is 384 g/mol. The predicted octanol–water partition coefficient (Wildman–Crippen LogP) is 3.67. The lowest BCUT2D eigenvalue weighted by Crippen LogP contribution is -2.25. The lowest BCUT2D eigenvalue weighted by molar-refractivity contribution is -0.118. The molecule has 1 N–H and O–H groups in total. The van der Waals surface area contributed by atoms with E-state index in [4.69, 9.17) is 9.84 Å². The minimum atomic E-state index is -0.142. The molecule has 7 heteroatoms. The van der Waals surface area contributed by atoms with Gasteiger partial charge >= 0.3 is 0 Å². The van der Waals surface area contributed by atoms with Crippen LogP contribution in [0.25, 0.3) is 11.3 Å². The molecule has 1 amide bonds. The fourth-order valence-electron chi connectivity index (χ4n) is 3.81. The van der Waals surface area contributed by atoms with E-state index in [1.165, 1.54) is 11.1 Å². The van der Waals surface area contributed by atoms with Crippen LogP contribution in [0.4, 0.5) is 5.69 Å². The number of nitrogens with zero attached hydrogens (tertiary/aromatic N) is 3. The Bertz CT molecular complexity index is 1210. The van der Waals surface area contributed by atoms with Crippen molar-refractivity contribution in [3.05, 3.63) is 63.8 Å². The van der Waals surface area contributed by atoms with E-state index in [9.17, 15) is 4.79 Å². The molecule has 3 aromatic rings. The first-order valence-corrected chi connectivity index (χ1v) is 10.5. The van der Waals surface area contributed by atoms with E-state index in [-0.39, 0.29) is 12.5 Å². The number of carbonyl (C=O) groups is 1. The number of ether oxygens (including phenoxy) is 1. The van der Waals surface area contributed by atoms with Gasteiger partial charge in [-0.15, -0.1) is 11.3 Å². The maximum absolute atomic E-state index is 11.7. The summed E-state index contributed by atoms with van der Waals surface area (Å²) in [6.45, 7) is 0.0523. The van der Waals surface area contributed by atoms with Gasteiger partial charge in [-0.05, 0) is 43.0 Å². The number of aromatic nitrogens is 1. The molecule has 6 nitrogen and oxygen atoms in total. The largest absolute Gasteiger partial charge is 0.482 e. The minimum absolute atomic E-state index is 0.0523.